The zero-order chi connectivity index (χ0) is 15.5. The first-order chi connectivity index (χ1) is 10.6. The van der Waals surface area contributed by atoms with E-state index in [0.29, 0.717) is 13.1 Å². The Kier molecular flexibility index (Phi) is 4.24. The van der Waals surface area contributed by atoms with Gasteiger partial charge in [0.2, 0.25) is 5.91 Å². The molecule has 0 bridgehead atoms. The quantitative estimate of drug-likeness (QED) is 0.943. The highest BCUT2D eigenvalue weighted by Gasteiger charge is 2.36. The van der Waals surface area contributed by atoms with E-state index in [9.17, 15) is 9.59 Å². The topological polar surface area (TPSA) is 49.4 Å². The second kappa shape index (κ2) is 6.32. The van der Waals surface area contributed by atoms with Crippen molar-refractivity contribution in [2.45, 2.75) is 13.0 Å². The number of carbonyl (C=O) groups is 2. The largest absolute Gasteiger partial charge is 0.349 e. The molecule has 1 unspecified atom stereocenters. The minimum absolute atomic E-state index is 0.0178. The lowest BCUT2D eigenvalue weighted by molar-refractivity contribution is -0.129. The molecule has 5 heteroatoms. The molecular formula is C17H18N2O2S. The van der Waals surface area contributed by atoms with Crippen LogP contribution in [0.5, 0.6) is 0 Å². The molecular weight excluding hydrogens is 296 g/mol. The smallest absolute Gasteiger partial charge is 0.263 e. The lowest BCUT2D eigenvalue weighted by Crippen LogP contribution is -2.55. The number of nitrogens with one attached hydrogen (secondary N) is 1. The molecule has 1 aromatic carbocycles. The van der Waals surface area contributed by atoms with E-state index in [0.717, 1.165) is 10.4 Å². The Hall–Kier alpha value is -2.14. The van der Waals surface area contributed by atoms with E-state index in [1.165, 1.54) is 11.3 Å². The first-order valence-corrected chi connectivity index (χ1v) is 8.21. The first kappa shape index (κ1) is 14.8. The van der Waals surface area contributed by atoms with Crippen LogP contribution in [-0.4, -0.2) is 29.8 Å². The summed E-state index contributed by atoms with van der Waals surface area (Å²) in [6.07, 6.45) is 0. The van der Waals surface area contributed by atoms with Crippen molar-refractivity contribution >= 4 is 23.2 Å². The van der Waals surface area contributed by atoms with E-state index in [-0.39, 0.29) is 23.8 Å². The third kappa shape index (κ3) is 3.04. The van der Waals surface area contributed by atoms with Crippen molar-refractivity contribution in [1.82, 2.24) is 10.2 Å². The van der Waals surface area contributed by atoms with Crippen LogP contribution in [0.15, 0.2) is 47.8 Å². The van der Waals surface area contributed by atoms with E-state index >= 15 is 0 Å². The van der Waals surface area contributed by atoms with Crippen LogP contribution >= 0.6 is 11.3 Å². The summed E-state index contributed by atoms with van der Waals surface area (Å²) in [7, 11) is 0. The number of hydrogen-bond donors (Lipinski definition) is 1. The zero-order valence-electron chi connectivity index (χ0n) is 12.4. The van der Waals surface area contributed by atoms with Gasteiger partial charge >= 0.3 is 0 Å². The molecule has 4 nitrogen and oxygen atoms in total. The zero-order valence-corrected chi connectivity index (χ0v) is 13.2. The summed E-state index contributed by atoms with van der Waals surface area (Å²) in [4.78, 5) is 26.8. The minimum atomic E-state index is -0.102. The SMILES string of the molecule is CC(NC(=O)C1CN(C(=O)c2cccs2)C1)c1ccccc1. The fraction of sp³-hybridized carbons (Fsp3) is 0.294. The van der Waals surface area contributed by atoms with E-state index in [4.69, 9.17) is 0 Å². The van der Waals surface area contributed by atoms with Crippen LogP contribution < -0.4 is 5.32 Å². The van der Waals surface area contributed by atoms with Crippen molar-refractivity contribution in [2.75, 3.05) is 13.1 Å². The summed E-state index contributed by atoms with van der Waals surface area (Å²) in [5, 5.41) is 4.91. The molecule has 1 atom stereocenters. The standard InChI is InChI=1S/C17H18N2O2S/c1-12(13-6-3-2-4-7-13)18-16(20)14-10-19(11-14)17(21)15-8-5-9-22-15/h2-9,12,14H,10-11H2,1H3,(H,18,20). The maximum Gasteiger partial charge on any atom is 0.263 e. The Morgan fingerprint density at radius 3 is 2.55 bits per heavy atom. The number of carbonyl (C=O) groups excluding carboxylic acids is 2. The molecule has 3 rings (SSSR count). The van der Waals surface area contributed by atoms with Gasteiger partial charge in [-0.1, -0.05) is 36.4 Å². The van der Waals surface area contributed by atoms with Crippen LogP contribution in [0.25, 0.3) is 0 Å². The van der Waals surface area contributed by atoms with Crippen LogP contribution in [0.1, 0.15) is 28.2 Å². The highest BCUT2D eigenvalue weighted by molar-refractivity contribution is 7.12. The minimum Gasteiger partial charge on any atom is -0.349 e. The molecule has 2 aromatic rings. The lowest BCUT2D eigenvalue weighted by Gasteiger charge is -2.38. The summed E-state index contributed by atoms with van der Waals surface area (Å²) >= 11 is 1.43. The van der Waals surface area contributed by atoms with E-state index in [2.05, 4.69) is 5.32 Å². The number of likely N-dealkylation sites (tertiary alicyclic amines) is 1. The molecule has 1 fully saturated rings. The van der Waals surface area contributed by atoms with Crippen LogP contribution in [-0.2, 0) is 4.79 Å². The van der Waals surface area contributed by atoms with Crippen LogP contribution in [0.4, 0.5) is 0 Å². The molecule has 22 heavy (non-hydrogen) atoms. The van der Waals surface area contributed by atoms with Gasteiger partial charge in [0.05, 0.1) is 16.8 Å². The van der Waals surface area contributed by atoms with Gasteiger partial charge in [0.15, 0.2) is 0 Å². The fourth-order valence-electron chi connectivity index (χ4n) is 2.52. The van der Waals surface area contributed by atoms with Crippen molar-refractivity contribution in [3.05, 3.63) is 58.3 Å². The third-order valence-electron chi connectivity index (χ3n) is 3.93. The van der Waals surface area contributed by atoms with Crippen molar-refractivity contribution in [3.63, 3.8) is 0 Å². The van der Waals surface area contributed by atoms with Crippen LogP contribution in [0.2, 0.25) is 0 Å². The highest BCUT2D eigenvalue weighted by atomic mass is 32.1. The van der Waals surface area contributed by atoms with Gasteiger partial charge in [0, 0.05) is 13.1 Å². The van der Waals surface area contributed by atoms with E-state index < -0.39 is 0 Å². The van der Waals surface area contributed by atoms with Gasteiger partial charge in [-0.05, 0) is 23.9 Å². The van der Waals surface area contributed by atoms with Crippen LogP contribution in [0, 0.1) is 5.92 Å². The number of benzene rings is 1. The second-order valence-corrected chi connectivity index (χ2v) is 6.47. The summed E-state index contributed by atoms with van der Waals surface area (Å²) in [6, 6.07) is 13.5. The number of amides is 2. The van der Waals surface area contributed by atoms with Crippen molar-refractivity contribution < 1.29 is 9.59 Å². The van der Waals surface area contributed by atoms with Crippen molar-refractivity contribution in [3.8, 4) is 0 Å². The van der Waals surface area contributed by atoms with Gasteiger partial charge in [-0.15, -0.1) is 11.3 Å². The molecule has 0 saturated carbocycles. The lowest BCUT2D eigenvalue weighted by atomic mass is 9.97. The molecule has 0 aliphatic carbocycles. The fourth-order valence-corrected chi connectivity index (χ4v) is 3.21. The third-order valence-corrected chi connectivity index (χ3v) is 4.79. The maximum absolute atomic E-state index is 12.2. The number of thiophene rings is 1. The van der Waals surface area contributed by atoms with E-state index in [1.54, 1.807) is 4.90 Å². The number of rotatable bonds is 4. The summed E-state index contributed by atoms with van der Waals surface area (Å²) in [5.74, 6) is -0.0585. The average molecular weight is 314 g/mol. The summed E-state index contributed by atoms with van der Waals surface area (Å²) in [6.45, 7) is 2.98. The Bertz CT molecular complexity index is 649. The van der Waals surface area contributed by atoms with Gasteiger partial charge < -0.3 is 10.2 Å². The Labute approximate surface area is 133 Å². The first-order valence-electron chi connectivity index (χ1n) is 7.33. The molecule has 1 N–H and O–H groups in total. The Morgan fingerprint density at radius 1 is 1.18 bits per heavy atom. The summed E-state index contributed by atoms with van der Waals surface area (Å²) in [5.41, 5.74) is 1.08. The number of hydrogen-bond acceptors (Lipinski definition) is 3. The van der Waals surface area contributed by atoms with Crippen molar-refractivity contribution in [1.29, 1.82) is 0 Å². The maximum atomic E-state index is 12.2. The molecule has 1 aliphatic heterocycles. The van der Waals surface area contributed by atoms with Gasteiger partial charge in [0.1, 0.15) is 0 Å². The van der Waals surface area contributed by atoms with Gasteiger partial charge in [-0.2, -0.15) is 0 Å². The monoisotopic (exact) mass is 314 g/mol. The molecule has 114 valence electrons. The number of nitrogens with zero attached hydrogens (tertiary/aromatic N) is 1. The summed E-state index contributed by atoms with van der Waals surface area (Å²) < 4.78 is 0. The molecule has 1 aliphatic rings. The average Bonchev–Trinajstić information content (AvgIpc) is 3.00. The van der Waals surface area contributed by atoms with Gasteiger partial charge in [0.25, 0.3) is 5.91 Å². The van der Waals surface area contributed by atoms with Gasteiger partial charge in [-0.3, -0.25) is 9.59 Å². The Balaban J connectivity index is 1.50. The normalized spacial score (nSPS) is 16.0. The molecule has 2 heterocycles. The van der Waals surface area contributed by atoms with E-state index in [1.807, 2.05) is 54.8 Å². The molecule has 1 aromatic heterocycles. The van der Waals surface area contributed by atoms with Crippen LogP contribution in [0.3, 0.4) is 0 Å². The predicted molar refractivity (Wildman–Crippen MR) is 86.7 cm³/mol. The molecule has 0 radical (unpaired) electrons. The van der Waals surface area contributed by atoms with Crippen molar-refractivity contribution in [2.24, 2.45) is 5.92 Å². The van der Waals surface area contributed by atoms with Gasteiger partial charge in [-0.25, -0.2) is 0 Å². The molecule has 0 spiro atoms. The molecule has 1 saturated heterocycles. The second-order valence-electron chi connectivity index (χ2n) is 5.53. The highest BCUT2D eigenvalue weighted by Crippen LogP contribution is 2.22. The Morgan fingerprint density at radius 2 is 1.91 bits per heavy atom. The molecule has 2 amide bonds. The predicted octanol–water partition coefficient (Wildman–Crippen LogP) is 2.70.